The lowest BCUT2D eigenvalue weighted by molar-refractivity contribution is 0.0945. The van der Waals surface area contributed by atoms with E-state index in [2.05, 4.69) is 35.3 Å². The first kappa shape index (κ1) is 21.3. The Hall–Kier alpha value is -3.02. The molecule has 0 saturated carbocycles. The Balaban J connectivity index is 1.81. The third kappa shape index (κ3) is 6.95. The van der Waals surface area contributed by atoms with Gasteiger partial charge in [0.25, 0.3) is 11.8 Å². The molecule has 0 spiro atoms. The maximum absolute atomic E-state index is 12.0. The van der Waals surface area contributed by atoms with Crippen LogP contribution in [-0.2, 0) is 0 Å². The van der Waals surface area contributed by atoms with Gasteiger partial charge in [-0.05, 0) is 61.4 Å². The van der Waals surface area contributed by atoms with E-state index in [1.807, 2.05) is 24.3 Å². The highest BCUT2D eigenvalue weighted by molar-refractivity contribution is 5.95. The summed E-state index contributed by atoms with van der Waals surface area (Å²) in [5, 5.41) is 5.80. The molecule has 0 radical (unpaired) electrons. The van der Waals surface area contributed by atoms with Gasteiger partial charge in [0.2, 0.25) is 0 Å². The summed E-state index contributed by atoms with van der Waals surface area (Å²) < 4.78 is 0. The van der Waals surface area contributed by atoms with Gasteiger partial charge in [-0.15, -0.1) is 0 Å². The molecule has 0 aliphatic heterocycles. The van der Waals surface area contributed by atoms with Crippen LogP contribution in [0.1, 0.15) is 60.2 Å². The molecule has 2 amide bonds. The summed E-state index contributed by atoms with van der Waals surface area (Å²) in [6, 6.07) is 14.5. The second-order valence-corrected chi connectivity index (χ2v) is 6.62. The van der Waals surface area contributed by atoms with Crippen molar-refractivity contribution in [2.45, 2.75) is 39.5 Å². The van der Waals surface area contributed by atoms with Crippen LogP contribution in [0, 0.1) is 0 Å². The predicted octanol–water partition coefficient (Wildman–Crippen LogP) is 4.19. The molecule has 6 heteroatoms. The fourth-order valence-electron chi connectivity index (χ4n) is 2.52. The van der Waals surface area contributed by atoms with Crippen molar-refractivity contribution in [3.63, 3.8) is 0 Å². The molecule has 2 aromatic rings. The summed E-state index contributed by atoms with van der Waals surface area (Å²) in [5.74, 6) is -0.110. The number of amides is 2. The summed E-state index contributed by atoms with van der Waals surface area (Å²) in [4.78, 5) is 24.0. The van der Waals surface area contributed by atoms with Crippen LogP contribution in [0.3, 0.4) is 0 Å². The Morgan fingerprint density at radius 1 is 0.643 bits per heavy atom. The number of benzene rings is 2. The minimum Gasteiger partial charge on any atom is -0.352 e. The lowest BCUT2D eigenvalue weighted by Crippen LogP contribution is -2.24. The van der Waals surface area contributed by atoms with E-state index in [1.54, 1.807) is 24.3 Å². The zero-order chi connectivity index (χ0) is 20.2. The third-order valence-electron chi connectivity index (χ3n) is 4.28. The van der Waals surface area contributed by atoms with Crippen LogP contribution in [0.15, 0.2) is 48.5 Å². The lowest BCUT2D eigenvalue weighted by atomic mass is 10.2. The van der Waals surface area contributed by atoms with Crippen LogP contribution >= 0.6 is 0 Å². The van der Waals surface area contributed by atoms with Crippen molar-refractivity contribution in [2.24, 2.45) is 0 Å². The molecule has 0 heterocycles. The van der Waals surface area contributed by atoms with Crippen LogP contribution in [0.5, 0.6) is 0 Å². The standard InChI is InChI=1S/C22H30N4O2/c1-3-5-15-23-21(27)17-7-11-19(12-8-17)25-26-20-13-9-18(10-14-20)22(28)24-16-6-4-2/h7-14,25-26H,3-6,15-16H2,1-2H3,(H,23,27)(H,24,28). The van der Waals surface area contributed by atoms with E-state index < -0.39 is 0 Å². The van der Waals surface area contributed by atoms with Crippen molar-refractivity contribution in [1.29, 1.82) is 0 Å². The van der Waals surface area contributed by atoms with Crippen LogP contribution in [-0.4, -0.2) is 24.9 Å². The first-order valence-corrected chi connectivity index (χ1v) is 9.92. The fraction of sp³-hybridized carbons (Fsp3) is 0.364. The van der Waals surface area contributed by atoms with Gasteiger partial charge in [0, 0.05) is 24.2 Å². The molecule has 0 aromatic heterocycles. The number of hydrogen-bond acceptors (Lipinski definition) is 4. The van der Waals surface area contributed by atoms with E-state index in [9.17, 15) is 9.59 Å². The van der Waals surface area contributed by atoms with Crippen molar-refractivity contribution < 1.29 is 9.59 Å². The molecule has 6 nitrogen and oxygen atoms in total. The normalized spacial score (nSPS) is 10.2. The van der Waals surface area contributed by atoms with Gasteiger partial charge in [0.05, 0.1) is 11.4 Å². The number of hydrazine groups is 1. The summed E-state index contributed by atoms with van der Waals surface area (Å²) in [6.07, 6.45) is 4.07. The SMILES string of the molecule is CCCCNC(=O)c1ccc(NNc2ccc(C(=O)NCCCC)cc2)cc1. The molecule has 0 saturated heterocycles. The van der Waals surface area contributed by atoms with E-state index in [0.717, 1.165) is 37.1 Å². The van der Waals surface area contributed by atoms with Gasteiger partial charge >= 0.3 is 0 Å². The highest BCUT2D eigenvalue weighted by Crippen LogP contribution is 2.13. The summed E-state index contributed by atoms with van der Waals surface area (Å²) >= 11 is 0. The van der Waals surface area contributed by atoms with E-state index in [1.165, 1.54) is 0 Å². The number of anilines is 2. The number of carbonyl (C=O) groups is 2. The molecule has 4 N–H and O–H groups in total. The Bertz CT molecular complexity index is 677. The third-order valence-corrected chi connectivity index (χ3v) is 4.28. The van der Waals surface area contributed by atoms with Gasteiger partial charge in [0.15, 0.2) is 0 Å². The number of hydrogen-bond donors (Lipinski definition) is 4. The van der Waals surface area contributed by atoms with Crippen molar-refractivity contribution in [2.75, 3.05) is 23.9 Å². The zero-order valence-electron chi connectivity index (χ0n) is 16.7. The molecular formula is C22H30N4O2. The fourth-order valence-corrected chi connectivity index (χ4v) is 2.52. The topological polar surface area (TPSA) is 82.3 Å². The Kier molecular flexibility index (Phi) is 8.85. The average molecular weight is 383 g/mol. The highest BCUT2D eigenvalue weighted by atomic mass is 16.2. The van der Waals surface area contributed by atoms with Gasteiger partial charge in [-0.3, -0.25) is 9.59 Å². The molecule has 0 unspecified atom stereocenters. The van der Waals surface area contributed by atoms with Gasteiger partial charge < -0.3 is 21.5 Å². The lowest BCUT2D eigenvalue weighted by Gasteiger charge is -2.11. The number of rotatable bonds is 11. The summed E-state index contributed by atoms with van der Waals surface area (Å²) in [6.45, 7) is 5.58. The Morgan fingerprint density at radius 3 is 1.32 bits per heavy atom. The smallest absolute Gasteiger partial charge is 0.251 e. The maximum Gasteiger partial charge on any atom is 0.251 e. The zero-order valence-corrected chi connectivity index (χ0v) is 16.7. The first-order chi connectivity index (χ1) is 13.6. The van der Waals surface area contributed by atoms with E-state index in [0.29, 0.717) is 24.2 Å². The molecule has 150 valence electrons. The minimum atomic E-state index is -0.0549. The maximum atomic E-state index is 12.0. The van der Waals surface area contributed by atoms with Gasteiger partial charge in [-0.25, -0.2) is 0 Å². The largest absolute Gasteiger partial charge is 0.352 e. The van der Waals surface area contributed by atoms with Crippen molar-refractivity contribution >= 4 is 23.2 Å². The minimum absolute atomic E-state index is 0.0549. The van der Waals surface area contributed by atoms with E-state index >= 15 is 0 Å². The second kappa shape index (κ2) is 11.6. The molecule has 0 fully saturated rings. The molecule has 2 rings (SSSR count). The molecule has 0 bridgehead atoms. The summed E-state index contributed by atoms with van der Waals surface area (Å²) in [5.41, 5.74) is 9.13. The molecular weight excluding hydrogens is 352 g/mol. The van der Waals surface area contributed by atoms with Crippen LogP contribution in [0.25, 0.3) is 0 Å². The van der Waals surface area contributed by atoms with Crippen molar-refractivity contribution in [1.82, 2.24) is 10.6 Å². The number of unbranched alkanes of at least 4 members (excludes halogenated alkanes) is 2. The van der Waals surface area contributed by atoms with Crippen molar-refractivity contribution in [3.05, 3.63) is 59.7 Å². The predicted molar refractivity (Wildman–Crippen MR) is 115 cm³/mol. The number of carbonyl (C=O) groups excluding carboxylic acids is 2. The number of nitrogens with one attached hydrogen (secondary N) is 4. The molecule has 2 aromatic carbocycles. The summed E-state index contributed by atoms with van der Waals surface area (Å²) in [7, 11) is 0. The van der Waals surface area contributed by atoms with Gasteiger partial charge in [-0.2, -0.15) is 0 Å². The van der Waals surface area contributed by atoms with Crippen LogP contribution < -0.4 is 21.5 Å². The van der Waals surface area contributed by atoms with E-state index in [-0.39, 0.29) is 11.8 Å². The first-order valence-electron chi connectivity index (χ1n) is 9.92. The Labute approximate surface area is 167 Å². The highest BCUT2D eigenvalue weighted by Gasteiger charge is 2.05. The van der Waals surface area contributed by atoms with Gasteiger partial charge in [0.1, 0.15) is 0 Å². The van der Waals surface area contributed by atoms with Crippen LogP contribution in [0.2, 0.25) is 0 Å². The average Bonchev–Trinajstić information content (AvgIpc) is 2.73. The second-order valence-electron chi connectivity index (χ2n) is 6.62. The Morgan fingerprint density at radius 2 is 1.00 bits per heavy atom. The van der Waals surface area contributed by atoms with Crippen molar-refractivity contribution in [3.8, 4) is 0 Å². The molecule has 0 atom stereocenters. The molecule has 0 aliphatic carbocycles. The van der Waals surface area contributed by atoms with E-state index in [4.69, 9.17) is 0 Å². The monoisotopic (exact) mass is 382 g/mol. The quantitative estimate of drug-likeness (QED) is 0.347. The van der Waals surface area contributed by atoms with Crippen LogP contribution in [0.4, 0.5) is 11.4 Å². The van der Waals surface area contributed by atoms with Gasteiger partial charge in [-0.1, -0.05) is 26.7 Å². The molecule has 28 heavy (non-hydrogen) atoms. The molecule has 0 aliphatic rings.